The third-order valence-corrected chi connectivity index (χ3v) is 2.15. The van der Waals surface area contributed by atoms with E-state index in [-0.39, 0.29) is 12.6 Å². The maximum atomic E-state index is 8.94. The SMILES string of the molecule is OCC1COCCN1CCS. The van der Waals surface area contributed by atoms with Crippen molar-refractivity contribution >= 4 is 12.6 Å². The molecule has 0 bridgehead atoms. The Kier molecular flexibility index (Phi) is 4.22. The molecule has 0 spiro atoms. The number of rotatable bonds is 3. The number of nitrogens with zero attached hydrogens (tertiary/aromatic N) is 1. The molecule has 1 rings (SSSR count). The van der Waals surface area contributed by atoms with Gasteiger partial charge in [0, 0.05) is 18.8 Å². The third kappa shape index (κ3) is 2.63. The fraction of sp³-hybridized carbons (Fsp3) is 1.00. The normalized spacial score (nSPS) is 27.3. The van der Waals surface area contributed by atoms with Crippen LogP contribution in [0.3, 0.4) is 0 Å². The molecule has 1 fully saturated rings. The Morgan fingerprint density at radius 3 is 3.09 bits per heavy atom. The standard InChI is InChI=1S/C7H15NO2S/c9-5-7-6-10-3-1-8(7)2-4-11/h7,9,11H,1-6H2. The van der Waals surface area contributed by atoms with E-state index in [2.05, 4.69) is 17.5 Å². The summed E-state index contributed by atoms with van der Waals surface area (Å²) in [6.07, 6.45) is 0. The molecule has 4 heteroatoms. The number of aliphatic hydroxyl groups excluding tert-OH is 1. The van der Waals surface area contributed by atoms with Gasteiger partial charge in [0.05, 0.1) is 25.9 Å². The zero-order valence-electron chi connectivity index (χ0n) is 6.57. The topological polar surface area (TPSA) is 32.7 Å². The van der Waals surface area contributed by atoms with Gasteiger partial charge in [-0.15, -0.1) is 0 Å². The Balaban J connectivity index is 2.31. The number of ether oxygens (including phenoxy) is 1. The van der Waals surface area contributed by atoms with Gasteiger partial charge in [0.15, 0.2) is 0 Å². The molecule has 11 heavy (non-hydrogen) atoms. The summed E-state index contributed by atoms with van der Waals surface area (Å²) in [5, 5.41) is 8.94. The number of hydrogen-bond donors (Lipinski definition) is 2. The first-order valence-corrected chi connectivity index (χ1v) is 4.55. The maximum Gasteiger partial charge on any atom is 0.0644 e. The molecule has 1 unspecified atom stereocenters. The Morgan fingerprint density at radius 2 is 2.45 bits per heavy atom. The van der Waals surface area contributed by atoms with E-state index in [1.165, 1.54) is 0 Å². The van der Waals surface area contributed by atoms with Gasteiger partial charge in [-0.05, 0) is 0 Å². The summed E-state index contributed by atoms with van der Waals surface area (Å²) < 4.78 is 5.22. The maximum absolute atomic E-state index is 8.94. The van der Waals surface area contributed by atoms with Gasteiger partial charge >= 0.3 is 0 Å². The highest BCUT2D eigenvalue weighted by Crippen LogP contribution is 2.05. The van der Waals surface area contributed by atoms with Crippen LogP contribution in [0.5, 0.6) is 0 Å². The molecule has 1 aliphatic rings. The van der Waals surface area contributed by atoms with E-state index in [0.717, 1.165) is 25.4 Å². The quantitative estimate of drug-likeness (QED) is 0.576. The molecule has 66 valence electrons. The minimum Gasteiger partial charge on any atom is -0.395 e. The average molecular weight is 177 g/mol. The highest BCUT2D eigenvalue weighted by Gasteiger charge is 2.20. The second kappa shape index (κ2) is 4.98. The first-order valence-electron chi connectivity index (χ1n) is 3.92. The minimum atomic E-state index is 0.188. The van der Waals surface area contributed by atoms with Crippen molar-refractivity contribution in [2.24, 2.45) is 0 Å². The van der Waals surface area contributed by atoms with Crippen LogP contribution in [-0.4, -0.2) is 54.7 Å². The van der Waals surface area contributed by atoms with Gasteiger partial charge < -0.3 is 9.84 Å². The van der Waals surface area contributed by atoms with E-state index < -0.39 is 0 Å². The monoisotopic (exact) mass is 177 g/mol. The van der Waals surface area contributed by atoms with Crippen LogP contribution in [0, 0.1) is 0 Å². The fourth-order valence-electron chi connectivity index (χ4n) is 1.28. The van der Waals surface area contributed by atoms with Gasteiger partial charge in [-0.3, -0.25) is 4.90 Å². The van der Waals surface area contributed by atoms with E-state index in [0.29, 0.717) is 6.61 Å². The molecule has 0 amide bonds. The molecule has 3 nitrogen and oxygen atoms in total. The van der Waals surface area contributed by atoms with Gasteiger partial charge in [0.25, 0.3) is 0 Å². The molecule has 1 saturated heterocycles. The second-order valence-corrected chi connectivity index (χ2v) is 3.12. The second-order valence-electron chi connectivity index (χ2n) is 2.67. The summed E-state index contributed by atoms with van der Waals surface area (Å²) >= 11 is 4.15. The number of thiol groups is 1. The van der Waals surface area contributed by atoms with Crippen molar-refractivity contribution in [3.8, 4) is 0 Å². The van der Waals surface area contributed by atoms with Gasteiger partial charge in [-0.1, -0.05) is 0 Å². The smallest absolute Gasteiger partial charge is 0.0644 e. The molecule has 1 aliphatic heterocycles. The van der Waals surface area contributed by atoms with Crippen molar-refractivity contribution in [1.29, 1.82) is 0 Å². The van der Waals surface area contributed by atoms with Gasteiger partial charge in [-0.2, -0.15) is 12.6 Å². The van der Waals surface area contributed by atoms with Crippen molar-refractivity contribution in [2.45, 2.75) is 6.04 Å². The van der Waals surface area contributed by atoms with Crippen LogP contribution in [0.2, 0.25) is 0 Å². The molecule has 0 aliphatic carbocycles. The van der Waals surface area contributed by atoms with Crippen molar-refractivity contribution in [2.75, 3.05) is 38.7 Å². The van der Waals surface area contributed by atoms with Gasteiger partial charge in [0.1, 0.15) is 0 Å². The molecule has 1 heterocycles. The molecular formula is C7H15NO2S. The van der Waals surface area contributed by atoms with E-state index in [9.17, 15) is 0 Å². The summed E-state index contributed by atoms with van der Waals surface area (Å²) in [5.74, 6) is 0.844. The highest BCUT2D eigenvalue weighted by molar-refractivity contribution is 7.80. The summed E-state index contributed by atoms with van der Waals surface area (Å²) in [6, 6.07) is 0.191. The van der Waals surface area contributed by atoms with Crippen molar-refractivity contribution in [3.05, 3.63) is 0 Å². The third-order valence-electron chi connectivity index (χ3n) is 1.95. The first kappa shape index (κ1) is 9.32. The van der Waals surface area contributed by atoms with Gasteiger partial charge in [0.2, 0.25) is 0 Å². The van der Waals surface area contributed by atoms with Crippen molar-refractivity contribution in [3.63, 3.8) is 0 Å². The van der Waals surface area contributed by atoms with E-state index in [1.54, 1.807) is 0 Å². The zero-order chi connectivity index (χ0) is 8.10. The zero-order valence-corrected chi connectivity index (χ0v) is 7.46. The predicted octanol–water partition coefficient (Wildman–Crippen LogP) is -0.391. The number of aliphatic hydroxyl groups is 1. The van der Waals surface area contributed by atoms with E-state index >= 15 is 0 Å². The minimum absolute atomic E-state index is 0.188. The Bertz CT molecular complexity index is 111. The molecule has 1 N–H and O–H groups in total. The lowest BCUT2D eigenvalue weighted by Gasteiger charge is -2.33. The average Bonchev–Trinajstić information content (AvgIpc) is 2.06. The van der Waals surface area contributed by atoms with Crippen LogP contribution < -0.4 is 0 Å². The van der Waals surface area contributed by atoms with E-state index in [4.69, 9.17) is 9.84 Å². The van der Waals surface area contributed by atoms with Crippen LogP contribution in [0.25, 0.3) is 0 Å². The number of hydrogen-bond acceptors (Lipinski definition) is 4. The lowest BCUT2D eigenvalue weighted by Crippen LogP contribution is -2.48. The summed E-state index contributed by atoms with van der Waals surface area (Å²) in [4.78, 5) is 2.22. The summed E-state index contributed by atoms with van der Waals surface area (Å²) in [6.45, 7) is 3.49. The Labute approximate surface area is 72.7 Å². The van der Waals surface area contributed by atoms with Crippen molar-refractivity contribution in [1.82, 2.24) is 4.90 Å². The molecule has 0 aromatic carbocycles. The highest BCUT2D eigenvalue weighted by atomic mass is 32.1. The van der Waals surface area contributed by atoms with Crippen molar-refractivity contribution < 1.29 is 9.84 Å². The first-order chi connectivity index (χ1) is 5.38. The van der Waals surface area contributed by atoms with Crippen LogP contribution >= 0.6 is 12.6 Å². The van der Waals surface area contributed by atoms with Crippen LogP contribution in [-0.2, 0) is 4.74 Å². The molecular weight excluding hydrogens is 162 g/mol. The summed E-state index contributed by atoms with van der Waals surface area (Å²) in [5.41, 5.74) is 0. The molecule has 0 aromatic rings. The summed E-state index contributed by atoms with van der Waals surface area (Å²) in [7, 11) is 0. The van der Waals surface area contributed by atoms with Crippen LogP contribution in [0.1, 0.15) is 0 Å². The van der Waals surface area contributed by atoms with Gasteiger partial charge in [-0.25, -0.2) is 0 Å². The lowest BCUT2D eigenvalue weighted by molar-refractivity contribution is -0.0242. The lowest BCUT2D eigenvalue weighted by atomic mass is 10.2. The molecule has 0 aromatic heterocycles. The largest absolute Gasteiger partial charge is 0.395 e. The fourth-order valence-corrected chi connectivity index (χ4v) is 1.54. The molecule has 0 saturated carbocycles. The van der Waals surface area contributed by atoms with Crippen LogP contribution in [0.4, 0.5) is 0 Å². The molecule has 0 radical (unpaired) electrons. The Hall–Kier alpha value is 0.230. The Morgan fingerprint density at radius 1 is 1.64 bits per heavy atom. The van der Waals surface area contributed by atoms with E-state index in [1.807, 2.05) is 0 Å². The van der Waals surface area contributed by atoms with Crippen LogP contribution in [0.15, 0.2) is 0 Å². The number of morpholine rings is 1. The predicted molar refractivity (Wildman–Crippen MR) is 47.1 cm³/mol. The molecule has 1 atom stereocenters.